The van der Waals surface area contributed by atoms with Crippen LogP contribution in [-0.2, 0) is 10.0 Å². The summed E-state index contributed by atoms with van der Waals surface area (Å²) in [7, 11) is -3.85. The Bertz CT molecular complexity index is 812. The van der Waals surface area contributed by atoms with Crippen LogP contribution in [0.2, 0.25) is 0 Å². The van der Waals surface area contributed by atoms with Gasteiger partial charge in [-0.25, -0.2) is 13.2 Å². The average molecular weight is 404 g/mol. The quantitative estimate of drug-likeness (QED) is 0.785. The molecule has 1 aromatic heterocycles. The van der Waals surface area contributed by atoms with Crippen molar-refractivity contribution in [1.29, 1.82) is 0 Å². The molecule has 1 heterocycles. The molecule has 118 valence electrons. The average Bonchev–Trinajstić information content (AvgIpc) is 2.81. The first-order valence-corrected chi connectivity index (χ1v) is 9.45. The molecule has 5 nitrogen and oxygen atoms in total. The van der Waals surface area contributed by atoms with Crippen molar-refractivity contribution in [2.24, 2.45) is 0 Å². The van der Waals surface area contributed by atoms with Crippen LogP contribution in [0.5, 0.6) is 0 Å². The number of aromatic carboxylic acids is 1. The second-order valence-electron chi connectivity index (χ2n) is 4.94. The standard InChI is InChI=1S/C14H14BrNO4S2/c1-8(2)9-4-3-5-10(6-9)16-22(19,20)12-7-11(14(17)18)21-13(12)15/h3-8,16H,1-2H3,(H,17,18). The summed E-state index contributed by atoms with van der Waals surface area (Å²) in [6.45, 7) is 4.03. The first-order valence-electron chi connectivity index (χ1n) is 6.36. The lowest BCUT2D eigenvalue weighted by atomic mass is 10.0. The topological polar surface area (TPSA) is 83.5 Å². The molecule has 0 fully saturated rings. The van der Waals surface area contributed by atoms with Gasteiger partial charge in [0, 0.05) is 5.69 Å². The van der Waals surface area contributed by atoms with Gasteiger partial charge in [-0.05, 0) is 45.6 Å². The van der Waals surface area contributed by atoms with Crippen molar-refractivity contribution < 1.29 is 18.3 Å². The summed E-state index contributed by atoms with van der Waals surface area (Å²) in [5.74, 6) is -0.884. The fourth-order valence-electron chi connectivity index (χ4n) is 1.81. The third kappa shape index (κ3) is 3.68. The lowest BCUT2D eigenvalue weighted by molar-refractivity contribution is 0.0702. The highest BCUT2D eigenvalue weighted by Crippen LogP contribution is 2.33. The molecule has 2 rings (SSSR count). The molecule has 22 heavy (non-hydrogen) atoms. The maximum Gasteiger partial charge on any atom is 0.345 e. The van der Waals surface area contributed by atoms with Crippen molar-refractivity contribution in [1.82, 2.24) is 0 Å². The van der Waals surface area contributed by atoms with E-state index in [1.54, 1.807) is 18.2 Å². The Morgan fingerprint density at radius 2 is 2.00 bits per heavy atom. The van der Waals surface area contributed by atoms with Crippen molar-refractivity contribution in [3.8, 4) is 0 Å². The van der Waals surface area contributed by atoms with Crippen LogP contribution in [0.1, 0.15) is 35.0 Å². The van der Waals surface area contributed by atoms with E-state index in [0.29, 0.717) is 5.69 Å². The molecule has 2 N–H and O–H groups in total. The van der Waals surface area contributed by atoms with Gasteiger partial charge in [0.15, 0.2) is 0 Å². The van der Waals surface area contributed by atoms with Crippen LogP contribution in [0.3, 0.4) is 0 Å². The van der Waals surface area contributed by atoms with E-state index >= 15 is 0 Å². The Morgan fingerprint density at radius 3 is 2.55 bits per heavy atom. The van der Waals surface area contributed by atoms with Gasteiger partial charge in [0.05, 0.1) is 3.79 Å². The minimum atomic E-state index is -3.85. The molecular weight excluding hydrogens is 390 g/mol. The number of hydrogen-bond donors (Lipinski definition) is 2. The number of nitrogens with one attached hydrogen (secondary N) is 1. The van der Waals surface area contributed by atoms with Gasteiger partial charge in [-0.2, -0.15) is 0 Å². The molecule has 1 aromatic carbocycles. The van der Waals surface area contributed by atoms with Crippen LogP contribution < -0.4 is 4.72 Å². The molecule has 0 unspecified atom stereocenters. The first kappa shape index (κ1) is 17.0. The molecule has 0 aliphatic carbocycles. The van der Waals surface area contributed by atoms with Crippen LogP contribution in [0.15, 0.2) is 39.0 Å². The number of halogens is 1. The van der Waals surface area contributed by atoms with E-state index in [1.807, 2.05) is 19.9 Å². The van der Waals surface area contributed by atoms with Crippen molar-refractivity contribution in [3.63, 3.8) is 0 Å². The lowest BCUT2D eigenvalue weighted by Gasteiger charge is -2.10. The van der Waals surface area contributed by atoms with Gasteiger partial charge >= 0.3 is 5.97 Å². The van der Waals surface area contributed by atoms with E-state index < -0.39 is 16.0 Å². The minimum Gasteiger partial charge on any atom is -0.477 e. The normalized spacial score (nSPS) is 11.6. The van der Waals surface area contributed by atoms with E-state index in [1.165, 1.54) is 0 Å². The van der Waals surface area contributed by atoms with Gasteiger partial charge in [-0.1, -0.05) is 26.0 Å². The van der Waals surface area contributed by atoms with Gasteiger partial charge in [0.1, 0.15) is 9.77 Å². The lowest BCUT2D eigenvalue weighted by Crippen LogP contribution is -2.13. The zero-order valence-corrected chi connectivity index (χ0v) is 15.0. The molecule has 0 radical (unpaired) electrons. The molecule has 0 atom stereocenters. The third-order valence-electron chi connectivity index (χ3n) is 2.96. The van der Waals surface area contributed by atoms with Crippen LogP contribution in [0.4, 0.5) is 5.69 Å². The molecule has 0 aliphatic heterocycles. The van der Waals surface area contributed by atoms with Crippen molar-refractivity contribution in [3.05, 3.63) is 44.6 Å². The highest BCUT2D eigenvalue weighted by Gasteiger charge is 2.23. The number of anilines is 1. The largest absolute Gasteiger partial charge is 0.477 e. The Balaban J connectivity index is 2.36. The molecule has 2 aromatic rings. The maximum atomic E-state index is 12.4. The van der Waals surface area contributed by atoms with Gasteiger partial charge in [-0.3, -0.25) is 4.72 Å². The molecule has 0 saturated heterocycles. The van der Waals surface area contributed by atoms with E-state index in [9.17, 15) is 13.2 Å². The summed E-state index contributed by atoms with van der Waals surface area (Å²) in [6, 6.07) is 8.26. The first-order chi connectivity index (χ1) is 10.2. The van der Waals surface area contributed by atoms with Crippen LogP contribution >= 0.6 is 27.3 Å². The Morgan fingerprint density at radius 1 is 1.32 bits per heavy atom. The summed E-state index contributed by atoms with van der Waals surface area (Å²) < 4.78 is 27.6. The predicted octanol–water partition coefficient (Wildman–Crippen LogP) is 4.13. The monoisotopic (exact) mass is 403 g/mol. The van der Waals surface area contributed by atoms with Gasteiger partial charge < -0.3 is 5.11 Å². The number of thiophene rings is 1. The highest BCUT2D eigenvalue weighted by molar-refractivity contribution is 9.11. The number of carboxylic acids is 1. The third-order valence-corrected chi connectivity index (χ3v) is 6.58. The zero-order chi connectivity index (χ0) is 16.5. The fourth-order valence-corrected chi connectivity index (χ4v) is 5.27. The number of carbonyl (C=O) groups is 1. The maximum absolute atomic E-state index is 12.4. The number of sulfonamides is 1. The molecule has 0 aliphatic rings. The smallest absolute Gasteiger partial charge is 0.345 e. The Labute approximate surface area is 141 Å². The van der Waals surface area contributed by atoms with Crippen LogP contribution in [0.25, 0.3) is 0 Å². The number of carboxylic acid groups (broad SMARTS) is 1. The van der Waals surface area contributed by atoms with E-state index in [-0.39, 0.29) is 19.5 Å². The summed E-state index contributed by atoms with van der Waals surface area (Å²) >= 11 is 3.97. The number of benzene rings is 1. The van der Waals surface area contributed by atoms with Crippen LogP contribution in [-0.4, -0.2) is 19.5 Å². The molecule has 0 bridgehead atoms. The number of hydrogen-bond acceptors (Lipinski definition) is 4. The SMILES string of the molecule is CC(C)c1cccc(NS(=O)(=O)c2cc(C(=O)O)sc2Br)c1. The second kappa shape index (κ2) is 6.39. The zero-order valence-electron chi connectivity index (χ0n) is 11.8. The minimum absolute atomic E-state index is 0.0387. The van der Waals surface area contributed by atoms with Gasteiger partial charge in [-0.15, -0.1) is 11.3 Å². The molecule has 0 amide bonds. The van der Waals surface area contributed by atoms with Crippen molar-refractivity contribution in [2.45, 2.75) is 24.7 Å². The summed E-state index contributed by atoms with van der Waals surface area (Å²) in [5.41, 5.74) is 1.46. The van der Waals surface area contributed by atoms with Crippen LogP contribution in [0, 0.1) is 0 Å². The van der Waals surface area contributed by atoms with Gasteiger partial charge in [0.2, 0.25) is 0 Å². The summed E-state index contributed by atoms with van der Waals surface area (Å²) in [4.78, 5) is 10.8. The highest BCUT2D eigenvalue weighted by atomic mass is 79.9. The Kier molecular flexibility index (Phi) is 4.93. The van der Waals surface area contributed by atoms with Gasteiger partial charge in [0.25, 0.3) is 10.0 Å². The van der Waals surface area contributed by atoms with Crippen molar-refractivity contribution in [2.75, 3.05) is 4.72 Å². The van der Waals surface area contributed by atoms with E-state index in [0.717, 1.165) is 23.0 Å². The second-order valence-corrected chi connectivity index (χ2v) is 8.96. The fraction of sp³-hybridized carbons (Fsp3) is 0.214. The molecule has 8 heteroatoms. The predicted molar refractivity (Wildman–Crippen MR) is 90.3 cm³/mol. The Hall–Kier alpha value is -1.38. The summed E-state index contributed by atoms with van der Waals surface area (Å²) in [5, 5.41) is 8.95. The van der Waals surface area contributed by atoms with E-state index in [4.69, 9.17) is 5.11 Å². The summed E-state index contributed by atoms with van der Waals surface area (Å²) in [6.07, 6.45) is 0. The molecule has 0 saturated carbocycles. The molecular formula is C14H14BrNO4S2. The van der Waals surface area contributed by atoms with E-state index in [2.05, 4.69) is 20.7 Å². The van der Waals surface area contributed by atoms with Crippen molar-refractivity contribution >= 4 is 48.9 Å². The molecule has 0 spiro atoms. The number of rotatable bonds is 5.